The van der Waals surface area contributed by atoms with Gasteiger partial charge in [0.1, 0.15) is 11.6 Å². The van der Waals surface area contributed by atoms with Gasteiger partial charge in [-0.05, 0) is 24.8 Å². The van der Waals surface area contributed by atoms with Crippen LogP contribution < -0.4 is 10.6 Å². The van der Waals surface area contributed by atoms with Gasteiger partial charge in [-0.2, -0.15) is 0 Å². The lowest BCUT2D eigenvalue weighted by Crippen LogP contribution is -2.39. The third-order valence-corrected chi connectivity index (χ3v) is 4.60. The number of hydrogen-bond donors (Lipinski definition) is 2. The topological polar surface area (TPSA) is 67.1 Å². The van der Waals surface area contributed by atoms with Crippen LogP contribution in [0, 0.1) is 0 Å². The van der Waals surface area contributed by atoms with Crippen LogP contribution in [0.2, 0.25) is 0 Å². The fraction of sp³-hybridized carbons (Fsp3) is 0.526. The lowest BCUT2D eigenvalue weighted by Gasteiger charge is -2.12. The molecule has 2 N–H and O–H groups in total. The summed E-state index contributed by atoms with van der Waals surface area (Å²) in [5.41, 5.74) is 1.33. The van der Waals surface area contributed by atoms with Crippen LogP contribution in [0.3, 0.4) is 0 Å². The monoisotopic (exact) mass is 340 g/mol. The quantitative estimate of drug-likeness (QED) is 0.623. The fourth-order valence-electron chi connectivity index (χ4n) is 3.21. The second-order valence-electron chi connectivity index (χ2n) is 6.41. The van der Waals surface area contributed by atoms with E-state index in [1.807, 2.05) is 6.07 Å². The molecule has 0 radical (unpaired) electrons. The maximum absolute atomic E-state index is 4.38. The van der Waals surface area contributed by atoms with E-state index in [9.17, 15) is 0 Å². The summed E-state index contributed by atoms with van der Waals surface area (Å²) in [6.07, 6.45) is 6.66. The summed E-state index contributed by atoms with van der Waals surface area (Å²) in [4.78, 5) is 4.29. The molecule has 0 saturated carbocycles. The van der Waals surface area contributed by atoms with Gasteiger partial charge in [-0.3, -0.25) is 4.99 Å². The first-order chi connectivity index (χ1) is 12.4. The maximum Gasteiger partial charge on any atom is 0.191 e. The number of fused-ring (bicyclic) bond motifs is 1. The molecule has 6 nitrogen and oxygen atoms in total. The summed E-state index contributed by atoms with van der Waals surface area (Å²) in [5.74, 6) is 3.08. The van der Waals surface area contributed by atoms with Crippen molar-refractivity contribution in [2.75, 3.05) is 20.1 Å². The molecule has 1 aromatic heterocycles. The zero-order valence-corrected chi connectivity index (χ0v) is 15.0. The van der Waals surface area contributed by atoms with Crippen LogP contribution in [0.4, 0.5) is 0 Å². The molecule has 0 spiro atoms. The smallest absolute Gasteiger partial charge is 0.191 e. The molecule has 134 valence electrons. The molecule has 25 heavy (non-hydrogen) atoms. The van der Waals surface area contributed by atoms with Crippen molar-refractivity contribution in [3.05, 3.63) is 47.5 Å². The summed E-state index contributed by atoms with van der Waals surface area (Å²) in [6.45, 7) is 2.73. The summed E-state index contributed by atoms with van der Waals surface area (Å²) >= 11 is 0. The standard InChI is InChI=1S/C19H28N6/c1-20-19(21-13-11-16-8-4-2-5-9-16)22-14-12-18-24-23-17-10-6-3-7-15-25(17)18/h2,4-5,8-9H,3,6-7,10-15H2,1H3,(H2,20,21,22). The zero-order valence-electron chi connectivity index (χ0n) is 15.0. The van der Waals surface area contributed by atoms with E-state index in [4.69, 9.17) is 0 Å². The summed E-state index contributed by atoms with van der Waals surface area (Å²) in [7, 11) is 1.81. The highest BCUT2D eigenvalue weighted by Gasteiger charge is 2.14. The van der Waals surface area contributed by atoms with Gasteiger partial charge in [0.2, 0.25) is 0 Å². The summed E-state index contributed by atoms with van der Waals surface area (Å²) in [6, 6.07) is 10.5. The van der Waals surface area contributed by atoms with Gasteiger partial charge in [0.05, 0.1) is 0 Å². The number of benzene rings is 1. The largest absolute Gasteiger partial charge is 0.356 e. The predicted molar refractivity (Wildman–Crippen MR) is 101 cm³/mol. The van der Waals surface area contributed by atoms with E-state index in [-0.39, 0.29) is 0 Å². The Hall–Kier alpha value is -2.37. The molecule has 1 aliphatic rings. The van der Waals surface area contributed by atoms with E-state index in [1.165, 1.54) is 24.8 Å². The number of nitrogens with one attached hydrogen (secondary N) is 2. The molecule has 1 aliphatic heterocycles. The van der Waals surface area contributed by atoms with Gasteiger partial charge in [0.25, 0.3) is 0 Å². The third kappa shape index (κ3) is 5.05. The van der Waals surface area contributed by atoms with Crippen molar-refractivity contribution in [2.24, 2.45) is 4.99 Å². The number of nitrogens with zero attached hydrogens (tertiary/aromatic N) is 4. The number of aromatic nitrogens is 3. The first-order valence-electron chi connectivity index (χ1n) is 9.26. The second kappa shape index (κ2) is 9.20. The molecule has 6 heteroatoms. The molecular weight excluding hydrogens is 312 g/mol. The lowest BCUT2D eigenvalue weighted by atomic mass is 10.1. The molecular formula is C19H28N6. The Labute approximate surface area is 149 Å². The van der Waals surface area contributed by atoms with Gasteiger partial charge in [-0.15, -0.1) is 10.2 Å². The van der Waals surface area contributed by atoms with Gasteiger partial charge in [-0.25, -0.2) is 0 Å². The first kappa shape index (κ1) is 17.5. The van der Waals surface area contributed by atoms with Crippen LogP contribution in [-0.2, 0) is 25.8 Å². The molecule has 2 heterocycles. The highest BCUT2D eigenvalue weighted by molar-refractivity contribution is 5.79. The molecule has 0 amide bonds. The Morgan fingerprint density at radius 1 is 1.04 bits per heavy atom. The van der Waals surface area contributed by atoms with E-state index >= 15 is 0 Å². The average Bonchev–Trinajstić information content (AvgIpc) is 2.88. The van der Waals surface area contributed by atoms with Crippen LogP contribution >= 0.6 is 0 Å². The second-order valence-corrected chi connectivity index (χ2v) is 6.41. The first-order valence-corrected chi connectivity index (χ1v) is 9.26. The van der Waals surface area contributed by atoms with E-state index in [0.717, 1.165) is 56.5 Å². The van der Waals surface area contributed by atoms with Crippen molar-refractivity contribution in [3.8, 4) is 0 Å². The average molecular weight is 340 g/mol. The van der Waals surface area contributed by atoms with Crippen molar-refractivity contribution in [1.29, 1.82) is 0 Å². The van der Waals surface area contributed by atoms with Crippen molar-refractivity contribution >= 4 is 5.96 Å². The minimum Gasteiger partial charge on any atom is -0.356 e. The minimum atomic E-state index is 0.809. The fourth-order valence-corrected chi connectivity index (χ4v) is 3.21. The van der Waals surface area contributed by atoms with Gasteiger partial charge in [0.15, 0.2) is 5.96 Å². The highest BCUT2D eigenvalue weighted by Crippen LogP contribution is 2.14. The van der Waals surface area contributed by atoms with Crippen LogP contribution in [0.15, 0.2) is 35.3 Å². The third-order valence-electron chi connectivity index (χ3n) is 4.60. The Morgan fingerprint density at radius 3 is 2.64 bits per heavy atom. The summed E-state index contributed by atoms with van der Waals surface area (Å²) in [5, 5.41) is 15.5. The van der Waals surface area contributed by atoms with Crippen molar-refractivity contribution in [2.45, 2.75) is 45.1 Å². The Kier molecular flexibility index (Phi) is 6.42. The Bertz CT molecular complexity index is 676. The molecule has 0 bridgehead atoms. The Balaban J connectivity index is 1.42. The molecule has 0 unspecified atom stereocenters. The normalized spacial score (nSPS) is 14.7. The van der Waals surface area contributed by atoms with Crippen molar-refractivity contribution < 1.29 is 0 Å². The maximum atomic E-state index is 4.38. The van der Waals surface area contributed by atoms with Crippen LogP contribution in [-0.4, -0.2) is 40.9 Å². The van der Waals surface area contributed by atoms with Crippen molar-refractivity contribution in [3.63, 3.8) is 0 Å². The van der Waals surface area contributed by atoms with Gasteiger partial charge in [0, 0.05) is 39.5 Å². The van der Waals surface area contributed by atoms with Gasteiger partial charge in [-0.1, -0.05) is 36.8 Å². The molecule has 1 aromatic carbocycles. The number of rotatable bonds is 6. The van der Waals surface area contributed by atoms with Crippen LogP contribution in [0.1, 0.15) is 36.5 Å². The SMILES string of the molecule is CN=C(NCCc1ccccc1)NCCc1nnc2n1CCCCC2. The molecule has 2 aromatic rings. The lowest BCUT2D eigenvalue weighted by molar-refractivity contribution is 0.600. The van der Waals surface area contributed by atoms with Gasteiger partial charge < -0.3 is 15.2 Å². The van der Waals surface area contributed by atoms with Crippen LogP contribution in [0.25, 0.3) is 0 Å². The number of hydrogen-bond acceptors (Lipinski definition) is 3. The van der Waals surface area contributed by atoms with Crippen LogP contribution in [0.5, 0.6) is 0 Å². The van der Waals surface area contributed by atoms with E-state index in [2.05, 4.69) is 54.7 Å². The van der Waals surface area contributed by atoms with E-state index in [0.29, 0.717) is 0 Å². The highest BCUT2D eigenvalue weighted by atomic mass is 15.3. The number of guanidine groups is 1. The zero-order chi connectivity index (χ0) is 17.3. The van der Waals surface area contributed by atoms with Gasteiger partial charge >= 0.3 is 0 Å². The summed E-state index contributed by atoms with van der Waals surface area (Å²) < 4.78 is 2.31. The van der Waals surface area contributed by atoms with E-state index in [1.54, 1.807) is 7.05 Å². The predicted octanol–water partition coefficient (Wildman–Crippen LogP) is 1.95. The molecule has 0 aliphatic carbocycles. The minimum absolute atomic E-state index is 0.809. The molecule has 3 rings (SSSR count). The molecule has 0 fully saturated rings. The number of aliphatic imine (C=N–C) groups is 1. The van der Waals surface area contributed by atoms with Crippen molar-refractivity contribution in [1.82, 2.24) is 25.4 Å². The molecule has 0 saturated heterocycles. The number of aryl methyl sites for hydroxylation is 1. The molecule has 0 atom stereocenters. The van der Waals surface area contributed by atoms with E-state index < -0.39 is 0 Å². The Morgan fingerprint density at radius 2 is 1.84 bits per heavy atom.